The highest BCUT2D eigenvalue weighted by atomic mass is 16.3. The Morgan fingerprint density at radius 1 is 1.52 bits per heavy atom. The largest absolute Gasteiger partial charge is 0.388 e. The fraction of sp³-hybridized carbons (Fsp3) is 0.500. The van der Waals surface area contributed by atoms with Crippen molar-refractivity contribution in [2.45, 2.75) is 32.3 Å². The van der Waals surface area contributed by atoms with E-state index in [9.17, 15) is 9.90 Å². The summed E-state index contributed by atoms with van der Waals surface area (Å²) in [7, 11) is 0. The number of fused-ring (bicyclic) bond motifs is 1. The number of pyridine rings is 1. The van der Waals surface area contributed by atoms with Gasteiger partial charge in [0.05, 0.1) is 11.3 Å². The average molecular weight is 287 g/mol. The van der Waals surface area contributed by atoms with Crippen LogP contribution < -0.4 is 0 Å². The number of carbonyl (C=O) groups is 1. The van der Waals surface area contributed by atoms with E-state index < -0.39 is 5.60 Å². The molecule has 0 aliphatic carbocycles. The number of aryl methyl sites for hydroxylation is 1. The smallest absolute Gasteiger partial charge is 0.223 e. The third-order valence-electron chi connectivity index (χ3n) is 4.43. The fourth-order valence-electron chi connectivity index (χ4n) is 2.82. The zero-order valence-electron chi connectivity index (χ0n) is 12.5. The second-order valence-electron chi connectivity index (χ2n) is 6.23. The number of likely N-dealkylation sites (tertiary alicyclic amines) is 1. The van der Waals surface area contributed by atoms with Crippen molar-refractivity contribution in [3.8, 4) is 0 Å². The Kier molecular flexibility index (Phi) is 3.45. The number of aromatic nitrogens is 2. The van der Waals surface area contributed by atoms with E-state index in [0.717, 1.165) is 11.3 Å². The van der Waals surface area contributed by atoms with Crippen LogP contribution in [-0.2, 0) is 11.2 Å². The molecule has 0 spiro atoms. The second-order valence-corrected chi connectivity index (χ2v) is 6.23. The Hall–Kier alpha value is -1.88. The van der Waals surface area contributed by atoms with Gasteiger partial charge in [-0.1, -0.05) is 13.0 Å². The van der Waals surface area contributed by atoms with E-state index in [2.05, 4.69) is 4.98 Å². The van der Waals surface area contributed by atoms with Crippen molar-refractivity contribution < 1.29 is 9.90 Å². The summed E-state index contributed by atoms with van der Waals surface area (Å²) in [5.41, 5.74) is 1.06. The Morgan fingerprint density at radius 2 is 2.33 bits per heavy atom. The van der Waals surface area contributed by atoms with Crippen molar-refractivity contribution in [3.05, 3.63) is 36.3 Å². The molecule has 1 fully saturated rings. The van der Waals surface area contributed by atoms with Crippen molar-refractivity contribution in [3.63, 3.8) is 0 Å². The van der Waals surface area contributed by atoms with Crippen LogP contribution in [0.1, 0.15) is 26.0 Å². The number of amides is 1. The molecule has 5 nitrogen and oxygen atoms in total. The van der Waals surface area contributed by atoms with Crippen molar-refractivity contribution >= 4 is 11.6 Å². The Bertz CT molecular complexity index is 629. The average Bonchev–Trinajstić information content (AvgIpc) is 2.97. The number of imidazole rings is 1. The van der Waals surface area contributed by atoms with Crippen molar-refractivity contribution in [1.82, 2.24) is 14.3 Å². The molecule has 3 heterocycles. The predicted octanol–water partition coefficient (Wildman–Crippen LogP) is 1.50. The standard InChI is InChI=1S/C16H21N3O2/c1-12-9-19(11-16(12,2)21)15(20)7-6-13-10-18-8-4-3-5-14(18)17-13/h3-5,8,10,12,21H,6-7,9,11H2,1-2H3/t12-,16+/m0/s1. The van der Waals surface area contributed by atoms with E-state index in [4.69, 9.17) is 0 Å². The number of carbonyl (C=O) groups excluding carboxylic acids is 1. The molecule has 3 rings (SSSR count). The molecule has 0 bridgehead atoms. The first-order valence-corrected chi connectivity index (χ1v) is 7.38. The Morgan fingerprint density at radius 3 is 3.00 bits per heavy atom. The van der Waals surface area contributed by atoms with Gasteiger partial charge in [0.15, 0.2) is 0 Å². The van der Waals surface area contributed by atoms with Gasteiger partial charge in [-0.05, 0) is 25.5 Å². The summed E-state index contributed by atoms with van der Waals surface area (Å²) in [5, 5.41) is 10.2. The molecule has 0 unspecified atom stereocenters. The lowest BCUT2D eigenvalue weighted by Crippen LogP contribution is -2.35. The summed E-state index contributed by atoms with van der Waals surface area (Å²) in [5.74, 6) is 0.216. The number of nitrogens with zero attached hydrogens (tertiary/aromatic N) is 3. The predicted molar refractivity (Wildman–Crippen MR) is 79.9 cm³/mol. The van der Waals surface area contributed by atoms with Crippen molar-refractivity contribution in [1.29, 1.82) is 0 Å². The van der Waals surface area contributed by atoms with E-state index in [-0.39, 0.29) is 11.8 Å². The molecule has 0 saturated carbocycles. The topological polar surface area (TPSA) is 57.8 Å². The van der Waals surface area contributed by atoms with Gasteiger partial charge in [0.25, 0.3) is 0 Å². The van der Waals surface area contributed by atoms with Crippen LogP contribution >= 0.6 is 0 Å². The van der Waals surface area contributed by atoms with Gasteiger partial charge in [-0.25, -0.2) is 4.98 Å². The zero-order valence-corrected chi connectivity index (χ0v) is 12.5. The number of β-amino-alcohol motifs (C(OH)–C–C–N with tert-alkyl or cyclic N) is 1. The van der Waals surface area contributed by atoms with Gasteiger partial charge in [0, 0.05) is 37.8 Å². The first-order chi connectivity index (χ1) is 9.95. The van der Waals surface area contributed by atoms with E-state index in [1.807, 2.05) is 41.9 Å². The van der Waals surface area contributed by atoms with Crippen LogP contribution in [0.15, 0.2) is 30.6 Å². The summed E-state index contributed by atoms with van der Waals surface area (Å²) in [6.45, 7) is 4.84. The Labute approximate surface area is 124 Å². The van der Waals surface area contributed by atoms with E-state index in [0.29, 0.717) is 25.9 Å². The quantitative estimate of drug-likeness (QED) is 0.930. The number of aliphatic hydroxyl groups is 1. The molecular formula is C16H21N3O2. The molecule has 1 aliphatic rings. The van der Waals surface area contributed by atoms with E-state index in [1.165, 1.54) is 0 Å². The molecule has 0 aromatic carbocycles. The minimum Gasteiger partial charge on any atom is -0.388 e. The van der Waals surface area contributed by atoms with Crippen molar-refractivity contribution in [2.24, 2.45) is 5.92 Å². The SMILES string of the molecule is C[C@H]1CN(C(=O)CCc2cn3ccccc3n2)C[C@@]1(C)O. The van der Waals surface area contributed by atoms with E-state index in [1.54, 1.807) is 11.8 Å². The van der Waals surface area contributed by atoms with Gasteiger partial charge in [-0.3, -0.25) is 4.79 Å². The highest BCUT2D eigenvalue weighted by Crippen LogP contribution is 2.27. The van der Waals surface area contributed by atoms with Crippen LogP contribution in [0.3, 0.4) is 0 Å². The van der Waals surface area contributed by atoms with Gasteiger partial charge < -0.3 is 14.4 Å². The fourth-order valence-corrected chi connectivity index (χ4v) is 2.82. The molecule has 5 heteroatoms. The third-order valence-corrected chi connectivity index (χ3v) is 4.43. The van der Waals surface area contributed by atoms with E-state index >= 15 is 0 Å². The molecule has 1 N–H and O–H groups in total. The third kappa shape index (κ3) is 2.78. The number of hydrogen-bond acceptors (Lipinski definition) is 3. The van der Waals surface area contributed by atoms with Crippen LogP contribution in [0.25, 0.3) is 5.65 Å². The highest BCUT2D eigenvalue weighted by Gasteiger charge is 2.40. The summed E-state index contributed by atoms with van der Waals surface area (Å²) in [4.78, 5) is 18.5. The lowest BCUT2D eigenvalue weighted by Gasteiger charge is -2.20. The number of rotatable bonds is 3. The first-order valence-electron chi connectivity index (χ1n) is 7.38. The summed E-state index contributed by atoms with van der Waals surface area (Å²) in [6.07, 6.45) is 4.98. The lowest BCUT2D eigenvalue weighted by atomic mass is 9.95. The van der Waals surface area contributed by atoms with Crippen LogP contribution in [0.5, 0.6) is 0 Å². The minimum absolute atomic E-state index is 0.0941. The normalized spacial score (nSPS) is 25.7. The molecule has 1 saturated heterocycles. The minimum atomic E-state index is -0.765. The van der Waals surface area contributed by atoms with Gasteiger partial charge in [-0.2, -0.15) is 0 Å². The maximum atomic E-state index is 12.2. The van der Waals surface area contributed by atoms with Gasteiger partial charge in [0.2, 0.25) is 5.91 Å². The number of hydrogen-bond donors (Lipinski definition) is 1. The molecule has 1 amide bonds. The van der Waals surface area contributed by atoms with Crippen LogP contribution in [-0.4, -0.2) is 44.0 Å². The monoisotopic (exact) mass is 287 g/mol. The molecule has 1 aliphatic heterocycles. The van der Waals surface area contributed by atoms with Gasteiger partial charge in [-0.15, -0.1) is 0 Å². The summed E-state index contributed by atoms with van der Waals surface area (Å²) < 4.78 is 1.96. The molecule has 21 heavy (non-hydrogen) atoms. The first kappa shape index (κ1) is 14.1. The zero-order chi connectivity index (χ0) is 15.0. The molecule has 112 valence electrons. The molecular weight excluding hydrogens is 266 g/mol. The summed E-state index contributed by atoms with van der Waals surface area (Å²) >= 11 is 0. The maximum Gasteiger partial charge on any atom is 0.223 e. The van der Waals surface area contributed by atoms with Crippen LogP contribution in [0.4, 0.5) is 0 Å². The molecule has 2 aromatic rings. The Balaban J connectivity index is 1.61. The van der Waals surface area contributed by atoms with Gasteiger partial charge in [0.1, 0.15) is 5.65 Å². The van der Waals surface area contributed by atoms with Gasteiger partial charge >= 0.3 is 0 Å². The molecule has 0 radical (unpaired) electrons. The second kappa shape index (κ2) is 5.15. The molecule has 2 aromatic heterocycles. The van der Waals surface area contributed by atoms with Crippen LogP contribution in [0.2, 0.25) is 0 Å². The summed E-state index contributed by atoms with van der Waals surface area (Å²) in [6, 6.07) is 5.85. The lowest BCUT2D eigenvalue weighted by molar-refractivity contribution is -0.131. The maximum absolute atomic E-state index is 12.2. The van der Waals surface area contributed by atoms with Crippen molar-refractivity contribution in [2.75, 3.05) is 13.1 Å². The highest BCUT2D eigenvalue weighted by molar-refractivity contribution is 5.77. The molecule has 2 atom stereocenters. The van der Waals surface area contributed by atoms with Crippen LogP contribution in [0, 0.1) is 5.92 Å².